The zero-order valence-corrected chi connectivity index (χ0v) is 15.4. The lowest BCUT2D eigenvalue weighted by molar-refractivity contribution is -0.385. The number of hydrogen-bond donors (Lipinski definition) is 1. The predicted molar refractivity (Wildman–Crippen MR) is 101 cm³/mol. The summed E-state index contributed by atoms with van der Waals surface area (Å²) < 4.78 is 6.73. The molecule has 0 fully saturated rings. The molecule has 1 aromatic heterocycles. The van der Waals surface area contributed by atoms with E-state index in [-0.39, 0.29) is 23.7 Å². The fourth-order valence-electron chi connectivity index (χ4n) is 2.57. The SMILES string of the molecule is Cc1c(C(=O)NCc2ccc(-c3ccc(Br)cc3)o2)cccc1[N+](=O)[O-]. The van der Waals surface area contributed by atoms with E-state index >= 15 is 0 Å². The first-order valence-electron chi connectivity index (χ1n) is 7.82. The molecule has 0 spiro atoms. The summed E-state index contributed by atoms with van der Waals surface area (Å²) in [5.41, 5.74) is 1.47. The molecule has 0 unspecified atom stereocenters. The Balaban J connectivity index is 1.70. The van der Waals surface area contributed by atoms with Gasteiger partial charge in [0, 0.05) is 27.2 Å². The van der Waals surface area contributed by atoms with Gasteiger partial charge in [-0.25, -0.2) is 0 Å². The van der Waals surface area contributed by atoms with Crippen LogP contribution in [0.4, 0.5) is 5.69 Å². The van der Waals surface area contributed by atoms with Crippen LogP contribution in [0.15, 0.2) is 63.5 Å². The Labute approximate surface area is 158 Å². The summed E-state index contributed by atoms with van der Waals surface area (Å²) in [6.45, 7) is 1.75. The maximum Gasteiger partial charge on any atom is 0.273 e. The van der Waals surface area contributed by atoms with Gasteiger partial charge in [-0.15, -0.1) is 0 Å². The summed E-state index contributed by atoms with van der Waals surface area (Å²) in [6, 6.07) is 15.8. The van der Waals surface area contributed by atoms with Crippen LogP contribution >= 0.6 is 15.9 Å². The standard InChI is InChI=1S/C19H15BrN2O4/c1-12-16(3-2-4-17(12)22(24)25)19(23)21-11-15-9-10-18(26-15)13-5-7-14(20)8-6-13/h2-10H,11H2,1H3,(H,21,23). The van der Waals surface area contributed by atoms with Crippen molar-refractivity contribution in [1.82, 2.24) is 5.32 Å². The number of furan rings is 1. The van der Waals surface area contributed by atoms with Gasteiger partial charge in [0.15, 0.2) is 0 Å². The minimum absolute atomic E-state index is 0.0758. The number of nitro benzene ring substituents is 1. The Morgan fingerprint density at radius 2 is 1.88 bits per heavy atom. The van der Waals surface area contributed by atoms with Gasteiger partial charge in [-0.05, 0) is 37.3 Å². The first kappa shape index (κ1) is 17.9. The van der Waals surface area contributed by atoms with Crippen molar-refractivity contribution in [3.05, 3.63) is 86.1 Å². The van der Waals surface area contributed by atoms with E-state index in [0.29, 0.717) is 17.1 Å². The van der Waals surface area contributed by atoms with Crippen LogP contribution < -0.4 is 5.32 Å². The molecule has 3 aromatic rings. The highest BCUT2D eigenvalue weighted by Gasteiger charge is 2.18. The number of rotatable bonds is 5. The van der Waals surface area contributed by atoms with Crippen molar-refractivity contribution in [2.24, 2.45) is 0 Å². The zero-order valence-electron chi connectivity index (χ0n) is 13.9. The number of halogens is 1. The van der Waals surface area contributed by atoms with Crippen LogP contribution in [0.1, 0.15) is 21.7 Å². The summed E-state index contributed by atoms with van der Waals surface area (Å²) >= 11 is 3.39. The van der Waals surface area contributed by atoms with Gasteiger partial charge < -0.3 is 9.73 Å². The lowest BCUT2D eigenvalue weighted by Crippen LogP contribution is -2.23. The zero-order chi connectivity index (χ0) is 18.7. The van der Waals surface area contributed by atoms with E-state index in [9.17, 15) is 14.9 Å². The van der Waals surface area contributed by atoms with Crippen LogP contribution in [0.5, 0.6) is 0 Å². The van der Waals surface area contributed by atoms with E-state index in [0.717, 1.165) is 10.0 Å². The second-order valence-electron chi connectivity index (χ2n) is 5.66. The number of benzene rings is 2. The lowest BCUT2D eigenvalue weighted by atomic mass is 10.1. The smallest absolute Gasteiger partial charge is 0.273 e. The van der Waals surface area contributed by atoms with E-state index in [1.165, 1.54) is 12.1 Å². The van der Waals surface area contributed by atoms with Gasteiger partial charge in [0.05, 0.1) is 11.5 Å². The Morgan fingerprint density at radius 3 is 2.58 bits per heavy atom. The fraction of sp³-hybridized carbons (Fsp3) is 0.105. The molecule has 0 aliphatic heterocycles. The third-order valence-corrected chi connectivity index (χ3v) is 4.49. The van der Waals surface area contributed by atoms with E-state index < -0.39 is 4.92 Å². The molecule has 3 rings (SSSR count). The molecular formula is C19H15BrN2O4. The van der Waals surface area contributed by atoms with Crippen LogP contribution in [0.25, 0.3) is 11.3 Å². The van der Waals surface area contributed by atoms with E-state index in [2.05, 4.69) is 21.2 Å². The topological polar surface area (TPSA) is 85.4 Å². The lowest BCUT2D eigenvalue weighted by Gasteiger charge is -2.07. The molecule has 6 nitrogen and oxygen atoms in total. The predicted octanol–water partition coefficient (Wildman–Crippen LogP) is 4.86. The summed E-state index contributed by atoms with van der Waals surface area (Å²) in [4.78, 5) is 22.8. The number of nitrogens with one attached hydrogen (secondary N) is 1. The van der Waals surface area contributed by atoms with E-state index in [1.54, 1.807) is 19.1 Å². The molecule has 7 heteroatoms. The third-order valence-electron chi connectivity index (χ3n) is 3.96. The second-order valence-corrected chi connectivity index (χ2v) is 6.58. The first-order valence-corrected chi connectivity index (χ1v) is 8.62. The van der Waals surface area contributed by atoms with Crippen LogP contribution in [0.2, 0.25) is 0 Å². The highest BCUT2D eigenvalue weighted by Crippen LogP contribution is 2.24. The minimum atomic E-state index is -0.497. The molecule has 26 heavy (non-hydrogen) atoms. The van der Waals surface area contributed by atoms with Crippen LogP contribution in [0, 0.1) is 17.0 Å². The first-order chi connectivity index (χ1) is 12.5. The largest absolute Gasteiger partial charge is 0.459 e. The van der Waals surface area contributed by atoms with Gasteiger partial charge in [0.25, 0.3) is 11.6 Å². The van der Waals surface area contributed by atoms with Crippen LogP contribution in [-0.4, -0.2) is 10.8 Å². The molecule has 132 valence electrons. The summed E-state index contributed by atoms with van der Waals surface area (Å²) in [7, 11) is 0. The minimum Gasteiger partial charge on any atom is -0.459 e. The number of carbonyl (C=O) groups is 1. The molecule has 1 amide bonds. The molecule has 0 aliphatic carbocycles. The number of amides is 1. The fourth-order valence-corrected chi connectivity index (χ4v) is 2.84. The molecule has 0 atom stereocenters. The van der Waals surface area contributed by atoms with Crippen molar-refractivity contribution in [2.75, 3.05) is 0 Å². The van der Waals surface area contributed by atoms with Crippen molar-refractivity contribution in [2.45, 2.75) is 13.5 Å². The highest BCUT2D eigenvalue weighted by molar-refractivity contribution is 9.10. The Bertz CT molecular complexity index is 964. The number of nitrogens with zero attached hydrogens (tertiary/aromatic N) is 1. The molecule has 2 aromatic carbocycles. The maximum absolute atomic E-state index is 12.3. The van der Waals surface area contributed by atoms with Crippen LogP contribution in [0.3, 0.4) is 0 Å². The van der Waals surface area contributed by atoms with Crippen molar-refractivity contribution in [3.63, 3.8) is 0 Å². The Hall–Kier alpha value is -2.93. The monoisotopic (exact) mass is 414 g/mol. The van der Waals surface area contributed by atoms with Gasteiger partial charge in [0.2, 0.25) is 0 Å². The third kappa shape index (κ3) is 3.83. The quantitative estimate of drug-likeness (QED) is 0.477. The molecule has 0 bridgehead atoms. The van der Waals surface area contributed by atoms with E-state index in [1.807, 2.05) is 30.3 Å². The van der Waals surface area contributed by atoms with Crippen molar-refractivity contribution in [1.29, 1.82) is 0 Å². The summed E-state index contributed by atoms with van der Waals surface area (Å²) in [5, 5.41) is 13.7. The van der Waals surface area contributed by atoms with Gasteiger partial charge in [-0.2, -0.15) is 0 Å². The number of carbonyl (C=O) groups excluding carboxylic acids is 1. The Kier molecular flexibility index (Phi) is 5.18. The Morgan fingerprint density at radius 1 is 1.15 bits per heavy atom. The summed E-state index contributed by atoms with van der Waals surface area (Å²) in [5.74, 6) is 0.917. The van der Waals surface area contributed by atoms with Gasteiger partial charge in [0.1, 0.15) is 11.5 Å². The molecule has 1 heterocycles. The molecule has 0 aliphatic rings. The van der Waals surface area contributed by atoms with Gasteiger partial charge in [-0.1, -0.05) is 34.1 Å². The average Bonchev–Trinajstić information content (AvgIpc) is 3.09. The summed E-state index contributed by atoms with van der Waals surface area (Å²) in [6.07, 6.45) is 0. The maximum atomic E-state index is 12.3. The van der Waals surface area contributed by atoms with E-state index in [4.69, 9.17) is 4.42 Å². The average molecular weight is 415 g/mol. The molecule has 0 saturated carbocycles. The molecule has 1 N–H and O–H groups in total. The second kappa shape index (κ2) is 7.53. The molecular weight excluding hydrogens is 400 g/mol. The van der Waals surface area contributed by atoms with Crippen molar-refractivity contribution in [3.8, 4) is 11.3 Å². The van der Waals surface area contributed by atoms with Gasteiger partial charge >= 0.3 is 0 Å². The van der Waals surface area contributed by atoms with Gasteiger partial charge in [-0.3, -0.25) is 14.9 Å². The number of hydrogen-bond acceptors (Lipinski definition) is 4. The highest BCUT2D eigenvalue weighted by atomic mass is 79.9. The normalized spacial score (nSPS) is 10.5. The van der Waals surface area contributed by atoms with Crippen molar-refractivity contribution < 1.29 is 14.1 Å². The van der Waals surface area contributed by atoms with Crippen molar-refractivity contribution >= 4 is 27.5 Å². The van der Waals surface area contributed by atoms with Crippen LogP contribution in [-0.2, 0) is 6.54 Å². The number of nitro groups is 1. The molecule has 0 radical (unpaired) electrons. The molecule has 0 saturated heterocycles.